The first-order valence-corrected chi connectivity index (χ1v) is 5.41. The molecule has 0 aromatic heterocycles. The molecule has 1 aromatic carbocycles. The fourth-order valence-corrected chi connectivity index (χ4v) is 1.43. The van der Waals surface area contributed by atoms with Crippen molar-refractivity contribution < 1.29 is 9.13 Å². The molecule has 0 unspecified atom stereocenters. The van der Waals surface area contributed by atoms with Crippen molar-refractivity contribution in [1.29, 1.82) is 0 Å². The van der Waals surface area contributed by atoms with Gasteiger partial charge in [-0.2, -0.15) is 4.39 Å². The lowest BCUT2D eigenvalue weighted by atomic mass is 10.1. The molecule has 0 fully saturated rings. The van der Waals surface area contributed by atoms with Crippen molar-refractivity contribution >= 4 is 11.7 Å². The van der Waals surface area contributed by atoms with Gasteiger partial charge in [0.15, 0.2) is 0 Å². The molecule has 0 amide bonds. The van der Waals surface area contributed by atoms with E-state index in [1.165, 1.54) is 0 Å². The zero-order valence-electron chi connectivity index (χ0n) is 9.75. The lowest BCUT2D eigenvalue weighted by Gasteiger charge is -2.06. The van der Waals surface area contributed by atoms with Crippen molar-refractivity contribution in [2.24, 2.45) is 4.99 Å². The van der Waals surface area contributed by atoms with Gasteiger partial charge in [0.05, 0.1) is 6.61 Å². The maximum atomic E-state index is 13.5. The van der Waals surface area contributed by atoms with Crippen LogP contribution >= 0.6 is 0 Å². The molecule has 86 valence electrons. The van der Waals surface area contributed by atoms with E-state index in [2.05, 4.69) is 16.5 Å². The smallest absolute Gasteiger partial charge is 0.265 e. The molecule has 2 rings (SSSR count). The summed E-state index contributed by atoms with van der Waals surface area (Å²) in [4.78, 5) is 3.81. The topological polar surface area (TPSA) is 21.6 Å². The van der Waals surface area contributed by atoms with Crippen LogP contribution in [0.1, 0.15) is 18.1 Å². The van der Waals surface area contributed by atoms with Gasteiger partial charge in [0.25, 0.3) is 5.97 Å². The monoisotopic (exact) mass is 229 g/mol. The minimum atomic E-state index is -0.652. The van der Waals surface area contributed by atoms with Crippen LogP contribution in [0.5, 0.6) is 0 Å². The molecule has 0 saturated heterocycles. The average Bonchev–Trinajstić information content (AvgIpc) is 2.33. The molecule has 0 radical (unpaired) electrons. The summed E-state index contributed by atoms with van der Waals surface area (Å²) < 4.78 is 18.5. The van der Waals surface area contributed by atoms with E-state index in [4.69, 9.17) is 4.74 Å². The largest absolute Gasteiger partial charge is 0.482 e. The molecule has 17 heavy (non-hydrogen) atoms. The van der Waals surface area contributed by atoms with Crippen molar-refractivity contribution in [2.75, 3.05) is 6.61 Å². The molecular weight excluding hydrogens is 217 g/mol. The highest BCUT2D eigenvalue weighted by atomic mass is 19.1. The molecular formula is C14H12FNO. The highest BCUT2D eigenvalue weighted by molar-refractivity contribution is 5.95. The molecule has 0 N–H and O–H groups in total. The Hall–Kier alpha value is -2.08. The third-order valence-electron chi connectivity index (χ3n) is 2.31. The van der Waals surface area contributed by atoms with Crippen molar-refractivity contribution in [1.82, 2.24) is 0 Å². The maximum absolute atomic E-state index is 13.5. The zero-order valence-corrected chi connectivity index (χ0v) is 9.75. The van der Waals surface area contributed by atoms with E-state index in [0.717, 1.165) is 11.1 Å². The summed E-state index contributed by atoms with van der Waals surface area (Å²) >= 11 is 0. The Morgan fingerprint density at radius 1 is 1.24 bits per heavy atom. The van der Waals surface area contributed by atoms with Crippen molar-refractivity contribution in [2.45, 2.75) is 13.8 Å². The van der Waals surface area contributed by atoms with E-state index < -0.39 is 5.97 Å². The first kappa shape index (κ1) is 11.4. The summed E-state index contributed by atoms with van der Waals surface area (Å²) in [6, 6.07) is 7.64. The molecule has 1 aliphatic rings. The quantitative estimate of drug-likeness (QED) is 0.728. The second-order valence-electron chi connectivity index (χ2n) is 3.63. The number of halogens is 1. The van der Waals surface area contributed by atoms with Crippen LogP contribution in [0.25, 0.3) is 5.70 Å². The molecule has 1 heterocycles. The van der Waals surface area contributed by atoms with Crippen LogP contribution < -0.4 is 0 Å². The van der Waals surface area contributed by atoms with Crippen LogP contribution in [-0.2, 0) is 4.74 Å². The first-order chi connectivity index (χ1) is 8.20. The van der Waals surface area contributed by atoms with Gasteiger partial charge in [-0.3, -0.25) is 0 Å². The van der Waals surface area contributed by atoms with Crippen LogP contribution in [0.2, 0.25) is 0 Å². The van der Waals surface area contributed by atoms with Crippen LogP contribution in [0, 0.1) is 6.92 Å². The summed E-state index contributed by atoms with van der Waals surface area (Å²) in [5, 5.41) is 0. The maximum Gasteiger partial charge on any atom is 0.265 e. The Bertz CT molecular complexity index is 556. The van der Waals surface area contributed by atoms with Crippen molar-refractivity contribution in [3.8, 4) is 0 Å². The minimum absolute atomic E-state index is 0.0170. The SMILES string of the molecule is CCOC1=C=C=C(c2ccc(C)cc2)N=C1F. The normalized spacial score (nSPS) is 13.9. The third kappa shape index (κ3) is 2.54. The van der Waals surface area contributed by atoms with E-state index in [1.54, 1.807) is 6.92 Å². The number of ether oxygens (including phenoxy) is 1. The number of allylic oxidation sites excluding steroid dienone is 1. The predicted molar refractivity (Wildman–Crippen MR) is 65.3 cm³/mol. The number of hydrogen-bond acceptors (Lipinski definition) is 2. The second kappa shape index (κ2) is 4.84. The van der Waals surface area contributed by atoms with Crippen LogP contribution in [0.15, 0.2) is 46.5 Å². The van der Waals surface area contributed by atoms with Gasteiger partial charge in [0.1, 0.15) is 5.70 Å². The summed E-state index contributed by atoms with van der Waals surface area (Å²) in [5.41, 5.74) is 7.82. The van der Waals surface area contributed by atoms with Gasteiger partial charge in [-0.15, -0.1) is 0 Å². The van der Waals surface area contributed by atoms with E-state index in [-0.39, 0.29) is 5.76 Å². The van der Waals surface area contributed by atoms with E-state index in [9.17, 15) is 4.39 Å². The third-order valence-corrected chi connectivity index (χ3v) is 2.31. The highest BCUT2D eigenvalue weighted by Crippen LogP contribution is 2.19. The van der Waals surface area contributed by atoms with Gasteiger partial charge < -0.3 is 4.74 Å². The lowest BCUT2D eigenvalue weighted by molar-refractivity contribution is 0.245. The van der Waals surface area contributed by atoms with Gasteiger partial charge in [-0.1, -0.05) is 29.8 Å². The number of aryl methyl sites for hydroxylation is 1. The second-order valence-corrected chi connectivity index (χ2v) is 3.63. The summed E-state index contributed by atoms with van der Waals surface area (Å²) in [7, 11) is 0. The molecule has 0 bridgehead atoms. The van der Waals surface area contributed by atoms with Gasteiger partial charge >= 0.3 is 0 Å². The van der Waals surface area contributed by atoms with E-state index in [0.29, 0.717) is 12.3 Å². The number of aliphatic imine (C=N–C) groups is 1. The first-order valence-electron chi connectivity index (χ1n) is 5.41. The predicted octanol–water partition coefficient (Wildman–Crippen LogP) is 3.39. The summed E-state index contributed by atoms with van der Waals surface area (Å²) in [6.45, 7) is 4.15. The highest BCUT2D eigenvalue weighted by Gasteiger charge is 2.12. The van der Waals surface area contributed by atoms with Gasteiger partial charge in [-0.05, 0) is 25.3 Å². The van der Waals surface area contributed by atoms with Crippen molar-refractivity contribution in [3.05, 3.63) is 52.6 Å². The Kier molecular flexibility index (Phi) is 3.24. The lowest BCUT2D eigenvalue weighted by Crippen LogP contribution is -2.02. The number of nitrogens with zero attached hydrogens (tertiary/aromatic N) is 1. The van der Waals surface area contributed by atoms with Crippen LogP contribution in [0.3, 0.4) is 0 Å². The minimum Gasteiger partial charge on any atom is -0.482 e. The Morgan fingerprint density at radius 3 is 2.53 bits per heavy atom. The molecule has 0 aliphatic carbocycles. The van der Waals surface area contributed by atoms with Crippen LogP contribution in [0.4, 0.5) is 4.39 Å². The summed E-state index contributed by atoms with van der Waals surface area (Å²) in [5.74, 6) is -0.635. The number of rotatable bonds is 3. The fraction of sp³-hybridized carbons (Fsp3) is 0.214. The van der Waals surface area contributed by atoms with Gasteiger partial charge in [0, 0.05) is 5.56 Å². The molecule has 0 spiro atoms. The standard InChI is InChI=1S/C14H12FNO/c1-3-17-13-9-8-12(16-14(13)15)11-6-4-10(2)5-7-11/h4-7H,3H2,1-2H3. The van der Waals surface area contributed by atoms with Gasteiger partial charge in [-0.25, -0.2) is 4.99 Å². The zero-order chi connectivity index (χ0) is 12.3. The van der Waals surface area contributed by atoms with Gasteiger partial charge in [0.2, 0.25) is 5.76 Å². The molecule has 0 saturated carbocycles. The average molecular weight is 229 g/mol. The van der Waals surface area contributed by atoms with Crippen molar-refractivity contribution in [3.63, 3.8) is 0 Å². The number of hydrogen-bond donors (Lipinski definition) is 0. The Labute approximate surface area is 99.5 Å². The van der Waals surface area contributed by atoms with Crippen LogP contribution in [-0.4, -0.2) is 12.6 Å². The van der Waals surface area contributed by atoms with E-state index in [1.807, 2.05) is 31.2 Å². The molecule has 0 atom stereocenters. The summed E-state index contributed by atoms with van der Waals surface area (Å²) in [6.07, 6.45) is 0. The molecule has 1 aliphatic heterocycles. The number of benzene rings is 1. The molecule has 3 heteroatoms. The molecule has 2 nitrogen and oxygen atoms in total. The fourth-order valence-electron chi connectivity index (χ4n) is 1.43. The Morgan fingerprint density at radius 2 is 1.94 bits per heavy atom. The molecule has 1 aromatic rings. The Balaban J connectivity index is 2.41. The van der Waals surface area contributed by atoms with E-state index >= 15 is 0 Å².